The molecule has 0 spiro atoms. The molecule has 2 heterocycles. The second-order valence-corrected chi connectivity index (χ2v) is 8.59. The first kappa shape index (κ1) is 19.8. The highest BCUT2D eigenvalue weighted by Gasteiger charge is 2.18. The predicted octanol–water partition coefficient (Wildman–Crippen LogP) is 4.63. The van der Waals surface area contributed by atoms with Crippen LogP contribution in [0.3, 0.4) is 0 Å². The Balaban J connectivity index is 1.60. The molecular formula is C20H16Cl2N4O2S. The van der Waals surface area contributed by atoms with Crippen molar-refractivity contribution >= 4 is 39.5 Å². The maximum absolute atomic E-state index is 12.9. The molecule has 4 aromatic rings. The van der Waals surface area contributed by atoms with Crippen molar-refractivity contribution < 1.29 is 8.95 Å². The molecule has 0 amide bonds. The van der Waals surface area contributed by atoms with Gasteiger partial charge < -0.3 is 4.74 Å². The maximum Gasteiger partial charge on any atom is 0.260 e. The van der Waals surface area contributed by atoms with Crippen LogP contribution in [0.2, 0.25) is 10.0 Å². The van der Waals surface area contributed by atoms with E-state index in [9.17, 15) is 4.21 Å². The van der Waals surface area contributed by atoms with E-state index >= 15 is 0 Å². The van der Waals surface area contributed by atoms with Gasteiger partial charge in [-0.2, -0.15) is 0 Å². The Labute approximate surface area is 179 Å². The molecule has 0 radical (unpaired) electrons. The Morgan fingerprint density at radius 1 is 0.966 bits per heavy atom. The highest BCUT2D eigenvalue weighted by molar-refractivity contribution is 7.84. The van der Waals surface area contributed by atoms with Gasteiger partial charge in [-0.3, -0.25) is 8.61 Å². The van der Waals surface area contributed by atoms with Crippen molar-refractivity contribution in [3.8, 4) is 5.88 Å². The van der Waals surface area contributed by atoms with Gasteiger partial charge in [0.15, 0.2) is 0 Å². The van der Waals surface area contributed by atoms with Gasteiger partial charge in [0.05, 0.1) is 22.2 Å². The lowest BCUT2D eigenvalue weighted by atomic mass is 10.2. The van der Waals surface area contributed by atoms with Crippen molar-refractivity contribution in [1.82, 2.24) is 19.6 Å². The van der Waals surface area contributed by atoms with Gasteiger partial charge in [0.1, 0.15) is 18.5 Å². The zero-order valence-electron chi connectivity index (χ0n) is 15.4. The molecule has 0 bridgehead atoms. The summed E-state index contributed by atoms with van der Waals surface area (Å²) in [4.78, 5) is 4.32. The van der Waals surface area contributed by atoms with E-state index in [4.69, 9.17) is 27.9 Å². The number of ether oxygens (including phenoxy) is 1. The molecule has 6 nitrogen and oxygen atoms in total. The van der Waals surface area contributed by atoms with E-state index in [1.807, 2.05) is 31.2 Å². The third-order valence-corrected chi connectivity index (χ3v) is 6.07. The number of halogens is 2. The van der Waals surface area contributed by atoms with Gasteiger partial charge in [-0.15, -0.1) is 10.2 Å². The first-order chi connectivity index (χ1) is 14.0. The summed E-state index contributed by atoms with van der Waals surface area (Å²) in [5.74, 6) is 0.630. The van der Waals surface area contributed by atoms with Crippen molar-refractivity contribution in [2.24, 2.45) is 0 Å². The van der Waals surface area contributed by atoms with E-state index < -0.39 is 10.8 Å². The molecular weight excluding hydrogens is 431 g/mol. The van der Waals surface area contributed by atoms with Crippen molar-refractivity contribution in [2.45, 2.75) is 24.4 Å². The number of rotatable bonds is 6. The molecule has 148 valence electrons. The Morgan fingerprint density at radius 2 is 1.59 bits per heavy atom. The van der Waals surface area contributed by atoms with Crippen LogP contribution < -0.4 is 4.74 Å². The molecule has 1 unspecified atom stereocenters. The fourth-order valence-corrected chi connectivity index (χ4v) is 4.17. The third-order valence-electron chi connectivity index (χ3n) is 4.29. The second kappa shape index (κ2) is 8.49. The molecule has 9 heteroatoms. The highest BCUT2D eigenvalue weighted by atomic mass is 35.5. The number of aromatic nitrogens is 4. The Bertz CT molecular complexity index is 1180. The van der Waals surface area contributed by atoms with E-state index in [1.165, 1.54) is 0 Å². The monoisotopic (exact) mass is 446 g/mol. The van der Waals surface area contributed by atoms with E-state index in [1.54, 1.807) is 35.0 Å². The average Bonchev–Trinajstić information content (AvgIpc) is 3.11. The number of fused-ring (bicyclic) bond motifs is 1. The van der Waals surface area contributed by atoms with Gasteiger partial charge in [-0.1, -0.05) is 47.5 Å². The number of hydrogen-bond donors (Lipinski definition) is 0. The van der Waals surface area contributed by atoms with Crippen LogP contribution in [0.25, 0.3) is 5.52 Å². The van der Waals surface area contributed by atoms with Crippen molar-refractivity contribution in [3.05, 3.63) is 81.7 Å². The van der Waals surface area contributed by atoms with Crippen LogP contribution in [0.4, 0.5) is 0 Å². The molecule has 2 aromatic heterocycles. The summed E-state index contributed by atoms with van der Waals surface area (Å²) in [7, 11) is -1.42. The summed E-state index contributed by atoms with van der Waals surface area (Å²) in [6, 6.07) is 14.6. The third kappa shape index (κ3) is 4.42. The predicted molar refractivity (Wildman–Crippen MR) is 113 cm³/mol. The average molecular weight is 447 g/mol. The fourth-order valence-electron chi connectivity index (χ4n) is 2.81. The zero-order chi connectivity index (χ0) is 20.4. The van der Waals surface area contributed by atoms with Gasteiger partial charge in [0, 0.05) is 10.0 Å². The van der Waals surface area contributed by atoms with Crippen LogP contribution >= 0.6 is 23.2 Å². The van der Waals surface area contributed by atoms with E-state index in [-0.39, 0.29) is 0 Å². The van der Waals surface area contributed by atoms with Gasteiger partial charge in [-0.25, -0.2) is 4.98 Å². The first-order valence-electron chi connectivity index (χ1n) is 8.71. The lowest BCUT2D eigenvalue weighted by Crippen LogP contribution is -2.09. The minimum Gasteiger partial charge on any atom is -0.470 e. The summed E-state index contributed by atoms with van der Waals surface area (Å²) in [5.41, 5.74) is 3.20. The lowest BCUT2D eigenvalue weighted by molar-refractivity contribution is 0.291. The van der Waals surface area contributed by atoms with Crippen LogP contribution in [0.5, 0.6) is 5.88 Å². The quantitative estimate of drug-likeness (QED) is 0.431. The second-order valence-electron chi connectivity index (χ2n) is 6.37. The molecule has 0 saturated heterocycles. The zero-order valence-corrected chi connectivity index (χ0v) is 17.7. The van der Waals surface area contributed by atoms with Gasteiger partial charge >= 0.3 is 0 Å². The molecule has 0 aliphatic carbocycles. The largest absolute Gasteiger partial charge is 0.470 e. The molecule has 0 aliphatic heterocycles. The Morgan fingerprint density at radius 3 is 2.24 bits per heavy atom. The smallest absolute Gasteiger partial charge is 0.260 e. The minimum absolute atomic E-state index is 0.295. The van der Waals surface area contributed by atoms with Crippen LogP contribution in [0.1, 0.15) is 16.8 Å². The number of benzene rings is 2. The summed E-state index contributed by atoms with van der Waals surface area (Å²) in [5, 5.41) is 9.95. The SMILES string of the molecule is Cc1ncn2c(S(=O)Cc3ccc(Cl)cc3)nnc(OCc3ccc(Cl)cc3)c12. The normalized spacial score (nSPS) is 12.2. The number of hydrogen-bond acceptors (Lipinski definition) is 5. The Kier molecular flexibility index (Phi) is 5.80. The van der Waals surface area contributed by atoms with Crippen molar-refractivity contribution in [2.75, 3.05) is 0 Å². The molecule has 0 N–H and O–H groups in total. The van der Waals surface area contributed by atoms with Crippen LogP contribution in [-0.2, 0) is 23.2 Å². The molecule has 2 aromatic carbocycles. The van der Waals surface area contributed by atoms with Gasteiger partial charge in [0.2, 0.25) is 5.16 Å². The van der Waals surface area contributed by atoms with Crippen LogP contribution in [0.15, 0.2) is 60.0 Å². The Hall–Kier alpha value is -2.48. The summed E-state index contributed by atoms with van der Waals surface area (Å²) in [6.07, 6.45) is 1.59. The molecule has 29 heavy (non-hydrogen) atoms. The molecule has 4 rings (SSSR count). The van der Waals surface area contributed by atoms with E-state index in [0.29, 0.717) is 39.0 Å². The maximum atomic E-state index is 12.9. The summed E-state index contributed by atoms with van der Waals surface area (Å²) in [6.45, 7) is 2.15. The van der Waals surface area contributed by atoms with Crippen LogP contribution in [-0.4, -0.2) is 23.8 Å². The topological polar surface area (TPSA) is 69.4 Å². The molecule has 0 aliphatic rings. The van der Waals surface area contributed by atoms with E-state index in [2.05, 4.69) is 15.2 Å². The van der Waals surface area contributed by atoms with Gasteiger partial charge in [-0.05, 0) is 42.3 Å². The lowest BCUT2D eigenvalue weighted by Gasteiger charge is -2.10. The molecule has 0 saturated carbocycles. The minimum atomic E-state index is -1.42. The van der Waals surface area contributed by atoms with Crippen LogP contribution in [0, 0.1) is 6.92 Å². The summed E-state index contributed by atoms with van der Waals surface area (Å²) < 4.78 is 20.5. The van der Waals surface area contributed by atoms with E-state index in [0.717, 1.165) is 16.8 Å². The molecule has 1 atom stereocenters. The fraction of sp³-hybridized carbons (Fsp3) is 0.150. The van der Waals surface area contributed by atoms with Crippen molar-refractivity contribution in [3.63, 3.8) is 0 Å². The number of nitrogens with zero attached hydrogens (tertiary/aromatic N) is 4. The first-order valence-corrected chi connectivity index (χ1v) is 10.8. The molecule has 0 fully saturated rings. The van der Waals surface area contributed by atoms with Crippen molar-refractivity contribution in [1.29, 1.82) is 0 Å². The van der Waals surface area contributed by atoms with Gasteiger partial charge in [0.25, 0.3) is 5.88 Å². The summed E-state index contributed by atoms with van der Waals surface area (Å²) >= 11 is 11.8. The number of aryl methyl sites for hydroxylation is 1. The standard InChI is InChI=1S/C20H16Cl2N4O2S/c1-13-18-19(28-10-14-2-6-16(21)7-3-14)24-25-20(26(18)12-23-13)29(27)11-15-4-8-17(22)9-5-15/h2-9,12H,10-11H2,1H3. The number of imidazole rings is 1. The highest BCUT2D eigenvalue weighted by Crippen LogP contribution is 2.24.